The summed E-state index contributed by atoms with van der Waals surface area (Å²) in [6, 6.07) is 3.95. The van der Waals surface area contributed by atoms with Crippen LogP contribution in [0.1, 0.15) is 86.7 Å². The van der Waals surface area contributed by atoms with Crippen molar-refractivity contribution in [2.75, 3.05) is 31.1 Å². The monoisotopic (exact) mass is 577 g/mol. The number of anilines is 2. The van der Waals surface area contributed by atoms with Crippen molar-refractivity contribution in [3.05, 3.63) is 46.9 Å². The third kappa shape index (κ3) is 4.81. The van der Waals surface area contributed by atoms with E-state index in [-0.39, 0.29) is 11.5 Å². The fourth-order valence-electron chi connectivity index (χ4n) is 7.99. The highest BCUT2D eigenvalue weighted by Crippen LogP contribution is 2.48. The smallest absolute Gasteiger partial charge is 0.264 e. The number of benzene rings is 1. The number of hydrogen-bond donors (Lipinski definition) is 1. The Morgan fingerprint density at radius 1 is 1.10 bits per heavy atom. The average Bonchev–Trinajstić information content (AvgIpc) is 3.60. The molecular formula is C32H41F2N7O. The Morgan fingerprint density at radius 2 is 1.88 bits per heavy atom. The summed E-state index contributed by atoms with van der Waals surface area (Å²) in [5, 5.41) is 13.1. The van der Waals surface area contributed by atoms with E-state index in [0.29, 0.717) is 42.2 Å². The van der Waals surface area contributed by atoms with Crippen molar-refractivity contribution in [3.8, 4) is 11.1 Å². The minimum absolute atomic E-state index is 0.0202. The molecule has 224 valence electrons. The number of halogens is 2. The molecule has 2 aromatic heterocycles. The molecule has 8 nitrogen and oxygen atoms in total. The second-order valence-corrected chi connectivity index (χ2v) is 12.9. The van der Waals surface area contributed by atoms with Crippen molar-refractivity contribution in [2.24, 2.45) is 12.5 Å². The van der Waals surface area contributed by atoms with Gasteiger partial charge in [0.2, 0.25) is 5.91 Å². The van der Waals surface area contributed by atoms with Crippen LogP contribution in [0.4, 0.5) is 20.3 Å². The molecule has 1 N–H and O–H groups in total. The molecule has 7 rings (SSSR count). The van der Waals surface area contributed by atoms with Crippen molar-refractivity contribution >= 4 is 17.4 Å². The number of rotatable bonds is 4. The predicted molar refractivity (Wildman–Crippen MR) is 158 cm³/mol. The van der Waals surface area contributed by atoms with Crippen LogP contribution in [0.5, 0.6) is 0 Å². The first-order valence-electron chi connectivity index (χ1n) is 15.6. The number of piperidine rings is 1. The van der Waals surface area contributed by atoms with Crippen LogP contribution < -0.4 is 10.2 Å². The molecule has 1 spiro atoms. The summed E-state index contributed by atoms with van der Waals surface area (Å²) >= 11 is 0. The van der Waals surface area contributed by atoms with E-state index in [1.807, 2.05) is 11.0 Å². The SMILES string of the molecule is CC(=O)N1CCc2c(c(N3CCCc4cc(-c5cnn(C)c5)c(C(F)F)cc43)nn2C2CCC3(CCNCC3)CC2)C1. The maximum Gasteiger partial charge on any atom is 0.264 e. The Bertz CT molecular complexity index is 1480. The van der Waals surface area contributed by atoms with Crippen LogP contribution in [-0.2, 0) is 31.2 Å². The Labute approximate surface area is 246 Å². The third-order valence-electron chi connectivity index (χ3n) is 10.4. The summed E-state index contributed by atoms with van der Waals surface area (Å²) < 4.78 is 33.0. The summed E-state index contributed by atoms with van der Waals surface area (Å²) in [5.74, 6) is 0.901. The standard InChI is InChI=1S/C32H41F2N7O/c1-21(42)39-15-7-28-27(20-39)31(37-41(28)24-5-8-32(9-6-24)10-12-35-13-11-32)40-14-3-4-22-16-25(23-18-36-38(2)19-23)26(30(33)34)17-29(22)40/h16-19,24,30,35H,3-15,20H2,1-2H3. The van der Waals surface area contributed by atoms with Crippen LogP contribution in [-0.4, -0.2) is 56.5 Å². The summed E-state index contributed by atoms with van der Waals surface area (Å²) in [7, 11) is 1.80. The highest BCUT2D eigenvalue weighted by molar-refractivity contribution is 5.78. The summed E-state index contributed by atoms with van der Waals surface area (Å²) in [6.07, 6.45) is 10.5. The van der Waals surface area contributed by atoms with Gasteiger partial charge in [0.15, 0.2) is 5.82 Å². The molecule has 0 radical (unpaired) electrons. The first kappa shape index (κ1) is 27.6. The lowest BCUT2D eigenvalue weighted by Crippen LogP contribution is -2.40. The molecule has 2 fully saturated rings. The van der Waals surface area contributed by atoms with E-state index < -0.39 is 6.43 Å². The van der Waals surface area contributed by atoms with Crippen molar-refractivity contribution in [1.82, 2.24) is 29.8 Å². The van der Waals surface area contributed by atoms with Gasteiger partial charge >= 0.3 is 0 Å². The van der Waals surface area contributed by atoms with E-state index in [4.69, 9.17) is 5.10 Å². The van der Waals surface area contributed by atoms with Crippen molar-refractivity contribution in [2.45, 2.75) is 83.7 Å². The van der Waals surface area contributed by atoms with Gasteiger partial charge in [-0.2, -0.15) is 10.2 Å². The normalized spacial score (nSPS) is 20.7. The number of aryl methyl sites for hydroxylation is 2. The maximum atomic E-state index is 14.5. The lowest BCUT2D eigenvalue weighted by molar-refractivity contribution is -0.129. The number of nitrogens with zero attached hydrogens (tertiary/aromatic N) is 6. The minimum Gasteiger partial charge on any atom is -0.338 e. The summed E-state index contributed by atoms with van der Waals surface area (Å²) in [6.45, 7) is 5.78. The number of carbonyl (C=O) groups excluding carboxylic acids is 1. The van der Waals surface area contributed by atoms with Gasteiger partial charge < -0.3 is 15.1 Å². The Morgan fingerprint density at radius 3 is 2.57 bits per heavy atom. The molecule has 3 aromatic rings. The second kappa shape index (κ2) is 10.8. The van der Waals surface area contributed by atoms with E-state index in [2.05, 4.69) is 20.0 Å². The van der Waals surface area contributed by atoms with E-state index in [0.717, 1.165) is 67.8 Å². The van der Waals surface area contributed by atoms with Crippen LogP contribution in [0, 0.1) is 5.41 Å². The number of amides is 1. The number of aromatic nitrogens is 4. The van der Waals surface area contributed by atoms with E-state index >= 15 is 0 Å². The van der Waals surface area contributed by atoms with Gasteiger partial charge in [0.05, 0.1) is 18.8 Å². The average molecular weight is 578 g/mol. The maximum absolute atomic E-state index is 14.5. The summed E-state index contributed by atoms with van der Waals surface area (Å²) in [4.78, 5) is 16.5. The molecule has 1 aliphatic carbocycles. The first-order chi connectivity index (χ1) is 20.3. The zero-order valence-corrected chi connectivity index (χ0v) is 24.7. The fourth-order valence-corrected chi connectivity index (χ4v) is 7.99. The molecule has 10 heteroatoms. The molecule has 0 unspecified atom stereocenters. The van der Waals surface area contributed by atoms with Crippen LogP contribution in [0.15, 0.2) is 24.5 Å². The molecular weight excluding hydrogens is 536 g/mol. The van der Waals surface area contributed by atoms with E-state index in [1.165, 1.54) is 31.4 Å². The first-order valence-corrected chi connectivity index (χ1v) is 15.6. The predicted octanol–water partition coefficient (Wildman–Crippen LogP) is 5.70. The van der Waals surface area contributed by atoms with Gasteiger partial charge in [0, 0.05) is 67.8 Å². The van der Waals surface area contributed by atoms with E-state index in [1.54, 1.807) is 37.1 Å². The van der Waals surface area contributed by atoms with Gasteiger partial charge in [-0.3, -0.25) is 14.2 Å². The molecule has 1 aromatic carbocycles. The highest BCUT2D eigenvalue weighted by Gasteiger charge is 2.39. The van der Waals surface area contributed by atoms with Crippen molar-refractivity contribution in [1.29, 1.82) is 0 Å². The van der Waals surface area contributed by atoms with Crippen molar-refractivity contribution < 1.29 is 13.6 Å². The topological polar surface area (TPSA) is 71.2 Å². The number of nitrogens with one attached hydrogen (secondary N) is 1. The zero-order chi connectivity index (χ0) is 29.0. The molecule has 5 heterocycles. The number of hydrogen-bond acceptors (Lipinski definition) is 5. The molecule has 0 bridgehead atoms. The fraction of sp³-hybridized carbons (Fsp3) is 0.594. The van der Waals surface area contributed by atoms with E-state index in [9.17, 15) is 13.6 Å². The van der Waals surface area contributed by atoms with Gasteiger partial charge in [-0.25, -0.2) is 8.78 Å². The largest absolute Gasteiger partial charge is 0.338 e. The lowest BCUT2D eigenvalue weighted by Gasteiger charge is -2.43. The zero-order valence-electron chi connectivity index (χ0n) is 24.7. The molecule has 3 aliphatic heterocycles. The van der Waals surface area contributed by atoms with Crippen LogP contribution >= 0.6 is 0 Å². The highest BCUT2D eigenvalue weighted by atomic mass is 19.3. The number of alkyl halides is 2. The van der Waals surface area contributed by atoms with Gasteiger partial charge in [-0.1, -0.05) is 0 Å². The van der Waals surface area contributed by atoms with Crippen LogP contribution in [0.25, 0.3) is 11.1 Å². The second-order valence-electron chi connectivity index (χ2n) is 12.9. The molecule has 1 amide bonds. The molecule has 4 aliphatic rings. The van der Waals surface area contributed by atoms with Gasteiger partial charge in [0.25, 0.3) is 6.43 Å². The Kier molecular flexibility index (Phi) is 7.07. The molecule has 1 saturated carbocycles. The number of carbonyl (C=O) groups is 1. The molecule has 42 heavy (non-hydrogen) atoms. The van der Waals surface area contributed by atoms with Gasteiger partial charge in [-0.05, 0) is 93.1 Å². The minimum atomic E-state index is -2.61. The van der Waals surface area contributed by atoms with Gasteiger partial charge in [-0.15, -0.1) is 0 Å². The number of fused-ring (bicyclic) bond motifs is 2. The van der Waals surface area contributed by atoms with Crippen molar-refractivity contribution in [3.63, 3.8) is 0 Å². The Balaban J connectivity index is 1.28. The lowest BCUT2D eigenvalue weighted by atomic mass is 9.67. The quantitative estimate of drug-likeness (QED) is 0.431. The molecule has 1 saturated heterocycles. The molecule has 0 atom stereocenters. The van der Waals surface area contributed by atoms with Crippen LogP contribution in [0.2, 0.25) is 0 Å². The third-order valence-corrected chi connectivity index (χ3v) is 10.4. The van der Waals surface area contributed by atoms with Crippen LogP contribution in [0.3, 0.4) is 0 Å². The van der Waals surface area contributed by atoms with Gasteiger partial charge in [0.1, 0.15) is 0 Å². The Hall–Kier alpha value is -3.27. The summed E-state index contributed by atoms with van der Waals surface area (Å²) in [5.41, 5.74) is 5.91.